The van der Waals surface area contributed by atoms with E-state index in [9.17, 15) is 14.7 Å². The topological polar surface area (TPSA) is 102 Å². The molecular formula is C25H35Cl2N3O5. The fourth-order valence-corrected chi connectivity index (χ4v) is 7.47. The van der Waals surface area contributed by atoms with Crippen molar-refractivity contribution in [3.63, 3.8) is 0 Å². The molecule has 194 valence electrons. The summed E-state index contributed by atoms with van der Waals surface area (Å²) in [6.45, 7) is 2.72. The van der Waals surface area contributed by atoms with E-state index >= 15 is 0 Å². The fourth-order valence-electron chi connectivity index (χ4n) is 7.47. The third-order valence-corrected chi connectivity index (χ3v) is 9.23. The Kier molecular flexibility index (Phi) is 6.63. The molecule has 2 bridgehead atoms. The number of benzene rings is 1. The zero-order chi connectivity index (χ0) is 23.2. The van der Waals surface area contributed by atoms with Gasteiger partial charge in [-0.15, -0.1) is 12.4 Å². The van der Waals surface area contributed by atoms with E-state index in [1.807, 2.05) is 6.07 Å². The Morgan fingerprint density at radius 1 is 1.34 bits per heavy atom. The van der Waals surface area contributed by atoms with Gasteiger partial charge in [0.05, 0.1) is 25.6 Å². The molecule has 1 aromatic carbocycles. The van der Waals surface area contributed by atoms with E-state index in [1.54, 1.807) is 13.1 Å². The van der Waals surface area contributed by atoms with Gasteiger partial charge in [0, 0.05) is 50.9 Å². The van der Waals surface area contributed by atoms with Crippen LogP contribution in [0, 0.1) is 5.92 Å². The SMILES string of the molecule is CN(CCN)C(=O)Oc1ccc2c3c1O[C@H]1C(=O)CC[C@@]4(O)[C@@H](C2)[N@@+](C)(CC2CC2)CC[C@]314.Cl.[Cl-]. The highest BCUT2D eigenvalue weighted by molar-refractivity contribution is 5.90. The number of hydrogen-bond donors (Lipinski definition) is 2. The number of amides is 1. The molecule has 3 N–H and O–H groups in total. The van der Waals surface area contributed by atoms with Crippen LogP contribution < -0.4 is 27.6 Å². The Bertz CT molecular complexity index is 1050. The molecule has 1 spiro atoms. The summed E-state index contributed by atoms with van der Waals surface area (Å²) < 4.78 is 12.9. The normalized spacial score (nSPS) is 35.7. The molecule has 35 heavy (non-hydrogen) atoms. The zero-order valence-corrected chi connectivity index (χ0v) is 21.9. The second-order valence-corrected chi connectivity index (χ2v) is 11.2. The molecule has 2 saturated carbocycles. The molecule has 6 rings (SSSR count). The second-order valence-electron chi connectivity index (χ2n) is 11.2. The number of likely N-dealkylation sites (N-methyl/N-ethyl adjacent to an activating group) is 2. The van der Waals surface area contributed by atoms with Gasteiger partial charge >= 0.3 is 6.09 Å². The summed E-state index contributed by atoms with van der Waals surface area (Å²) in [5.41, 5.74) is 5.83. The number of nitrogens with two attached hydrogens (primary N) is 1. The summed E-state index contributed by atoms with van der Waals surface area (Å²) in [6, 6.07) is 3.83. The quantitative estimate of drug-likeness (QED) is 0.465. The van der Waals surface area contributed by atoms with Crippen LogP contribution in [0.5, 0.6) is 11.5 Å². The van der Waals surface area contributed by atoms with Gasteiger partial charge in [0.1, 0.15) is 11.6 Å². The second kappa shape index (κ2) is 8.77. The average Bonchev–Trinajstić information content (AvgIpc) is 3.50. The number of rotatable bonds is 5. The van der Waals surface area contributed by atoms with E-state index in [0.29, 0.717) is 43.9 Å². The van der Waals surface area contributed by atoms with Gasteiger partial charge in [-0.2, -0.15) is 0 Å². The fraction of sp³-hybridized carbons (Fsp3) is 0.680. The number of carbonyl (C=O) groups excluding carboxylic acids is 2. The Balaban J connectivity index is 0.00000144. The number of Topliss-reactive ketones (excluding diaryl/α,β-unsaturated/α-hetero) is 1. The average molecular weight is 528 g/mol. The number of halogens is 2. The molecule has 3 aliphatic carbocycles. The first-order chi connectivity index (χ1) is 15.7. The maximum Gasteiger partial charge on any atom is 0.415 e. The minimum absolute atomic E-state index is 0. The third kappa shape index (κ3) is 3.51. The summed E-state index contributed by atoms with van der Waals surface area (Å²) in [6.07, 6.45) is 3.56. The molecule has 5 aliphatic rings. The maximum atomic E-state index is 13.2. The van der Waals surface area contributed by atoms with Crippen LogP contribution in [0.3, 0.4) is 0 Å². The van der Waals surface area contributed by atoms with Crippen LogP contribution in [0.4, 0.5) is 4.79 Å². The van der Waals surface area contributed by atoms with Gasteiger partial charge in [0.2, 0.25) is 0 Å². The molecule has 10 heteroatoms. The van der Waals surface area contributed by atoms with Crippen LogP contribution in [0.15, 0.2) is 12.1 Å². The predicted octanol–water partition coefficient (Wildman–Crippen LogP) is -1.22. The molecule has 0 aromatic heterocycles. The van der Waals surface area contributed by atoms with Gasteiger partial charge in [0.25, 0.3) is 0 Å². The van der Waals surface area contributed by atoms with E-state index in [2.05, 4.69) is 7.05 Å². The van der Waals surface area contributed by atoms with Crippen LogP contribution >= 0.6 is 12.4 Å². The number of ketones is 1. The first-order valence-corrected chi connectivity index (χ1v) is 12.3. The lowest BCUT2D eigenvalue weighted by Crippen LogP contribution is -3.00. The summed E-state index contributed by atoms with van der Waals surface area (Å²) in [4.78, 5) is 27.2. The number of hydrogen-bond acceptors (Lipinski definition) is 6. The van der Waals surface area contributed by atoms with E-state index in [1.165, 1.54) is 17.7 Å². The first-order valence-electron chi connectivity index (χ1n) is 12.3. The van der Waals surface area contributed by atoms with Crippen molar-refractivity contribution in [2.45, 2.75) is 61.7 Å². The minimum atomic E-state index is -1.01. The van der Waals surface area contributed by atoms with E-state index in [0.717, 1.165) is 41.0 Å². The van der Waals surface area contributed by atoms with Crippen molar-refractivity contribution in [2.75, 3.05) is 40.3 Å². The number of piperidine rings is 1. The van der Waals surface area contributed by atoms with Crippen molar-refractivity contribution in [1.82, 2.24) is 4.90 Å². The van der Waals surface area contributed by atoms with Crippen LogP contribution in [-0.4, -0.2) is 84.4 Å². The first kappa shape index (κ1) is 26.5. The Morgan fingerprint density at radius 2 is 2.09 bits per heavy atom. The Hall–Kier alpha value is -1.58. The van der Waals surface area contributed by atoms with Crippen molar-refractivity contribution in [1.29, 1.82) is 0 Å². The van der Waals surface area contributed by atoms with Gasteiger partial charge in [-0.3, -0.25) is 4.79 Å². The van der Waals surface area contributed by atoms with Gasteiger partial charge in [-0.1, -0.05) is 6.07 Å². The lowest BCUT2D eigenvalue weighted by molar-refractivity contribution is -0.950. The van der Waals surface area contributed by atoms with Crippen molar-refractivity contribution < 1.29 is 41.1 Å². The van der Waals surface area contributed by atoms with E-state index in [4.69, 9.17) is 15.2 Å². The number of likely N-dealkylation sites (tertiary alicyclic amines) is 1. The Labute approximate surface area is 218 Å². The molecule has 0 unspecified atom stereocenters. The monoisotopic (exact) mass is 527 g/mol. The molecule has 5 atom stereocenters. The summed E-state index contributed by atoms with van der Waals surface area (Å²) in [5, 5.41) is 12.5. The highest BCUT2D eigenvalue weighted by Gasteiger charge is 2.76. The van der Waals surface area contributed by atoms with Crippen LogP contribution in [0.1, 0.15) is 43.2 Å². The predicted molar refractivity (Wildman–Crippen MR) is 127 cm³/mol. The molecular weight excluding hydrogens is 493 g/mol. The van der Waals surface area contributed by atoms with E-state index in [-0.39, 0.29) is 36.6 Å². The molecule has 2 aliphatic heterocycles. The van der Waals surface area contributed by atoms with Crippen LogP contribution in [0.25, 0.3) is 0 Å². The smallest absolute Gasteiger partial charge is 0.415 e. The van der Waals surface area contributed by atoms with Gasteiger partial charge in [-0.25, -0.2) is 4.79 Å². The molecule has 1 amide bonds. The van der Waals surface area contributed by atoms with Gasteiger partial charge in [0.15, 0.2) is 23.4 Å². The number of aliphatic hydroxyl groups is 1. The lowest BCUT2D eigenvalue weighted by Gasteiger charge is -2.64. The third-order valence-electron chi connectivity index (χ3n) is 9.23. The van der Waals surface area contributed by atoms with Crippen molar-refractivity contribution >= 4 is 24.3 Å². The summed E-state index contributed by atoms with van der Waals surface area (Å²) in [7, 11) is 3.93. The molecule has 0 radical (unpaired) electrons. The number of nitrogens with zero attached hydrogens (tertiary/aromatic N) is 2. The van der Waals surface area contributed by atoms with E-state index < -0.39 is 23.2 Å². The highest BCUT2D eigenvalue weighted by atomic mass is 35.5. The van der Waals surface area contributed by atoms with Crippen LogP contribution in [-0.2, 0) is 16.6 Å². The summed E-state index contributed by atoms with van der Waals surface area (Å²) >= 11 is 0. The van der Waals surface area contributed by atoms with Crippen LogP contribution in [0.2, 0.25) is 0 Å². The van der Waals surface area contributed by atoms with Crippen molar-refractivity contribution in [3.05, 3.63) is 23.3 Å². The molecule has 8 nitrogen and oxygen atoms in total. The zero-order valence-electron chi connectivity index (χ0n) is 20.3. The van der Waals surface area contributed by atoms with Crippen molar-refractivity contribution in [3.8, 4) is 11.5 Å². The van der Waals surface area contributed by atoms with Gasteiger partial charge < -0.3 is 42.1 Å². The standard InChI is InChI=1S/C25H34N3O5.2ClH/c1-27(11-10-26)23(30)32-18-6-5-16-13-19-25(31)8-7-17(29)22-24(25,20(16)21(18)33-22)9-12-28(19,2)14-15-3-4-15;;/h5-6,15,19,22,31H,3-4,7-14,26H2,1-2H3;2*1H/q+1;;/p-1/t19-,22+,24+,25-,28-;;/m1../s1. The minimum Gasteiger partial charge on any atom is -1.00 e. The molecule has 1 saturated heterocycles. The number of quaternary nitrogens is 1. The van der Waals surface area contributed by atoms with Gasteiger partial charge in [-0.05, 0) is 30.9 Å². The number of ether oxygens (including phenoxy) is 2. The maximum absolute atomic E-state index is 13.2. The number of carbonyl (C=O) groups is 2. The Morgan fingerprint density at radius 3 is 2.77 bits per heavy atom. The van der Waals surface area contributed by atoms with Crippen molar-refractivity contribution in [2.24, 2.45) is 11.7 Å². The largest absolute Gasteiger partial charge is 1.00 e. The molecule has 2 heterocycles. The molecule has 3 fully saturated rings. The highest BCUT2D eigenvalue weighted by Crippen LogP contribution is 2.66. The molecule has 1 aromatic rings. The summed E-state index contributed by atoms with van der Waals surface area (Å²) in [5.74, 6) is 1.58. The lowest BCUT2D eigenvalue weighted by atomic mass is 9.48.